The lowest BCUT2D eigenvalue weighted by atomic mass is 9.97. The summed E-state index contributed by atoms with van der Waals surface area (Å²) in [4.78, 5) is 13.6. The van der Waals surface area contributed by atoms with Crippen molar-refractivity contribution in [1.29, 1.82) is 0 Å². The van der Waals surface area contributed by atoms with Crippen molar-refractivity contribution in [1.82, 2.24) is 20.0 Å². The summed E-state index contributed by atoms with van der Waals surface area (Å²) in [7, 11) is -3.91. The van der Waals surface area contributed by atoms with Gasteiger partial charge in [-0.15, -0.1) is 0 Å². The fraction of sp³-hybridized carbons (Fsp3) is 0.136. The summed E-state index contributed by atoms with van der Waals surface area (Å²) < 4.78 is 40.6. The van der Waals surface area contributed by atoms with Crippen LogP contribution in [0.1, 0.15) is 17.3 Å². The van der Waals surface area contributed by atoms with Crippen molar-refractivity contribution in [3.63, 3.8) is 0 Å². The molecular formula is C22H19FN6O4S. The lowest BCUT2D eigenvalue weighted by molar-refractivity contribution is -0.113. The van der Waals surface area contributed by atoms with Crippen LogP contribution in [0.2, 0.25) is 0 Å². The maximum absolute atomic E-state index is 13.7. The fourth-order valence-electron chi connectivity index (χ4n) is 3.93. The monoisotopic (exact) mass is 482 g/mol. The Morgan fingerprint density at radius 3 is 2.68 bits per heavy atom. The number of carbonyl (C=O) groups excluding carboxylic acids is 1. The van der Waals surface area contributed by atoms with Crippen molar-refractivity contribution < 1.29 is 22.7 Å². The van der Waals surface area contributed by atoms with E-state index in [2.05, 4.69) is 25.9 Å². The number of aromatic amines is 1. The Kier molecular flexibility index (Phi) is 5.18. The molecule has 0 bridgehead atoms. The van der Waals surface area contributed by atoms with E-state index in [1.807, 2.05) is 0 Å². The Bertz CT molecular complexity index is 1560. The Balaban J connectivity index is 1.67. The number of anilines is 2. The van der Waals surface area contributed by atoms with Crippen LogP contribution in [0.4, 0.5) is 15.9 Å². The molecule has 5 rings (SSSR count). The van der Waals surface area contributed by atoms with Gasteiger partial charge >= 0.3 is 0 Å². The number of sulfone groups is 1. The number of halogens is 1. The molecule has 12 heteroatoms. The van der Waals surface area contributed by atoms with E-state index in [1.54, 1.807) is 24.4 Å². The SMILES string of the molecule is CS(=O)(=O)C1=C(C(=O)Nc2ccc3[nH]ncc3c2)C(c2ccc(F)cc2)n2nc(CO)cc2N1. The predicted molar refractivity (Wildman–Crippen MR) is 123 cm³/mol. The zero-order chi connectivity index (χ0) is 24.0. The van der Waals surface area contributed by atoms with E-state index < -0.39 is 34.2 Å². The summed E-state index contributed by atoms with van der Waals surface area (Å²) in [6.45, 7) is -0.391. The number of fused-ring (bicyclic) bond motifs is 2. The molecule has 2 aromatic carbocycles. The number of H-pyrrole nitrogens is 1. The Morgan fingerprint density at radius 2 is 1.97 bits per heavy atom. The van der Waals surface area contributed by atoms with Crippen molar-refractivity contribution in [2.75, 3.05) is 16.9 Å². The number of aliphatic hydroxyl groups is 1. The normalized spacial score (nSPS) is 15.8. The van der Waals surface area contributed by atoms with Gasteiger partial charge in [0.05, 0.1) is 29.6 Å². The minimum absolute atomic E-state index is 0.124. The molecular weight excluding hydrogens is 463 g/mol. The van der Waals surface area contributed by atoms with Crippen LogP contribution in [0.15, 0.2) is 65.3 Å². The van der Waals surface area contributed by atoms with Gasteiger partial charge in [-0.1, -0.05) is 12.1 Å². The first kappa shape index (κ1) is 21.8. The minimum atomic E-state index is -3.91. The van der Waals surface area contributed by atoms with Gasteiger partial charge in [-0.05, 0) is 35.9 Å². The average Bonchev–Trinajstić information content (AvgIpc) is 3.44. The van der Waals surface area contributed by atoms with Crippen LogP contribution in [0.5, 0.6) is 0 Å². The van der Waals surface area contributed by atoms with E-state index in [1.165, 1.54) is 35.0 Å². The average molecular weight is 482 g/mol. The van der Waals surface area contributed by atoms with E-state index in [0.717, 1.165) is 17.2 Å². The molecule has 0 aliphatic carbocycles. The molecule has 3 heterocycles. The number of aliphatic hydroxyl groups excluding tert-OH is 1. The molecule has 4 aromatic rings. The second-order valence-electron chi connectivity index (χ2n) is 7.84. The van der Waals surface area contributed by atoms with Crippen LogP contribution in [0.25, 0.3) is 10.9 Å². The maximum Gasteiger partial charge on any atom is 0.256 e. The molecule has 0 saturated carbocycles. The van der Waals surface area contributed by atoms with Gasteiger partial charge in [0, 0.05) is 23.4 Å². The highest BCUT2D eigenvalue weighted by molar-refractivity contribution is 7.94. The Morgan fingerprint density at radius 1 is 1.21 bits per heavy atom. The van der Waals surface area contributed by atoms with Crippen molar-refractivity contribution in [2.45, 2.75) is 12.6 Å². The first-order valence-electron chi connectivity index (χ1n) is 10.1. The second kappa shape index (κ2) is 8.08. The number of hydrogen-bond donors (Lipinski definition) is 4. The molecule has 0 fully saturated rings. The topological polar surface area (TPSA) is 142 Å². The van der Waals surface area contributed by atoms with Gasteiger partial charge in [0.2, 0.25) is 0 Å². The van der Waals surface area contributed by atoms with Crippen molar-refractivity contribution >= 4 is 38.2 Å². The number of aromatic nitrogens is 4. The second-order valence-corrected chi connectivity index (χ2v) is 9.80. The number of benzene rings is 2. The third-order valence-corrected chi connectivity index (χ3v) is 6.52. The van der Waals surface area contributed by atoms with Gasteiger partial charge in [0.25, 0.3) is 5.91 Å². The highest BCUT2D eigenvalue weighted by atomic mass is 32.2. The van der Waals surface area contributed by atoms with Crippen LogP contribution in [0, 0.1) is 5.82 Å². The highest BCUT2D eigenvalue weighted by Crippen LogP contribution is 2.38. The number of nitrogens with one attached hydrogen (secondary N) is 3. The van der Waals surface area contributed by atoms with E-state index in [-0.39, 0.29) is 22.1 Å². The van der Waals surface area contributed by atoms with E-state index >= 15 is 0 Å². The molecule has 10 nitrogen and oxygen atoms in total. The van der Waals surface area contributed by atoms with Crippen LogP contribution in [-0.4, -0.2) is 45.7 Å². The molecule has 0 spiro atoms. The molecule has 1 aliphatic rings. The molecule has 1 atom stereocenters. The van der Waals surface area contributed by atoms with Gasteiger partial charge in [-0.2, -0.15) is 10.2 Å². The third-order valence-electron chi connectivity index (χ3n) is 5.45. The summed E-state index contributed by atoms with van der Waals surface area (Å²) in [6, 6.07) is 10.9. The van der Waals surface area contributed by atoms with Crippen LogP contribution in [0.3, 0.4) is 0 Å². The summed E-state index contributed by atoms with van der Waals surface area (Å²) in [6.07, 6.45) is 2.59. The lowest BCUT2D eigenvalue weighted by Crippen LogP contribution is -2.34. The molecule has 1 unspecified atom stereocenters. The van der Waals surface area contributed by atoms with Crippen molar-refractivity contribution in [2.24, 2.45) is 0 Å². The Labute approximate surface area is 193 Å². The summed E-state index contributed by atoms with van der Waals surface area (Å²) in [5.41, 5.74) is 1.79. The Hall–Kier alpha value is -4.03. The number of rotatable bonds is 5. The minimum Gasteiger partial charge on any atom is -0.390 e. The summed E-state index contributed by atoms with van der Waals surface area (Å²) >= 11 is 0. The number of hydrogen-bond acceptors (Lipinski definition) is 7. The molecule has 34 heavy (non-hydrogen) atoms. The lowest BCUT2D eigenvalue weighted by Gasteiger charge is -2.30. The number of nitrogens with zero attached hydrogens (tertiary/aromatic N) is 3. The third kappa shape index (κ3) is 3.82. The molecule has 1 amide bonds. The van der Waals surface area contributed by atoms with E-state index in [9.17, 15) is 22.7 Å². The fourth-order valence-corrected chi connectivity index (χ4v) is 4.83. The standard InChI is InChI=1S/C22H19FN6O4S/c1-34(32,33)22-19(21(31)25-15-6-7-17-13(8-15)10-24-27-17)20(12-2-4-14(23)5-3-12)29-18(26-22)9-16(11-30)28-29/h2-10,20,26,30H,11H2,1H3,(H,24,27)(H,25,31). The zero-order valence-corrected chi connectivity index (χ0v) is 18.6. The van der Waals surface area contributed by atoms with Gasteiger partial charge in [-0.25, -0.2) is 17.5 Å². The quantitative estimate of drug-likeness (QED) is 0.342. The smallest absolute Gasteiger partial charge is 0.256 e. The summed E-state index contributed by atoms with van der Waals surface area (Å²) in [5, 5.41) is 26.7. The van der Waals surface area contributed by atoms with E-state index in [4.69, 9.17) is 0 Å². The van der Waals surface area contributed by atoms with Crippen LogP contribution in [-0.2, 0) is 21.2 Å². The van der Waals surface area contributed by atoms with Gasteiger partial charge in [0.1, 0.15) is 22.7 Å². The molecule has 4 N–H and O–H groups in total. The van der Waals surface area contributed by atoms with Gasteiger partial charge in [0.15, 0.2) is 9.84 Å². The summed E-state index contributed by atoms with van der Waals surface area (Å²) in [5.74, 6) is -0.895. The van der Waals surface area contributed by atoms with E-state index in [0.29, 0.717) is 11.3 Å². The molecule has 2 aromatic heterocycles. The first-order valence-corrected chi connectivity index (χ1v) is 12.0. The van der Waals surface area contributed by atoms with Crippen molar-refractivity contribution in [3.05, 3.63) is 82.4 Å². The van der Waals surface area contributed by atoms with Gasteiger partial charge in [-0.3, -0.25) is 9.89 Å². The number of amides is 1. The highest BCUT2D eigenvalue weighted by Gasteiger charge is 2.38. The molecule has 0 radical (unpaired) electrons. The molecule has 1 aliphatic heterocycles. The molecule has 174 valence electrons. The van der Waals surface area contributed by atoms with Crippen LogP contribution >= 0.6 is 0 Å². The first-order chi connectivity index (χ1) is 16.2. The van der Waals surface area contributed by atoms with Gasteiger partial charge < -0.3 is 15.7 Å². The largest absolute Gasteiger partial charge is 0.390 e. The number of carbonyl (C=O) groups is 1. The molecule has 0 saturated heterocycles. The van der Waals surface area contributed by atoms with Crippen LogP contribution < -0.4 is 10.6 Å². The maximum atomic E-state index is 13.7. The van der Waals surface area contributed by atoms with Crippen molar-refractivity contribution in [3.8, 4) is 0 Å². The predicted octanol–water partition coefficient (Wildman–Crippen LogP) is 2.30. The zero-order valence-electron chi connectivity index (χ0n) is 17.8.